The van der Waals surface area contributed by atoms with Crippen molar-refractivity contribution in [2.45, 2.75) is 46.1 Å². The lowest BCUT2D eigenvalue weighted by Gasteiger charge is -2.36. The van der Waals surface area contributed by atoms with Crippen molar-refractivity contribution >= 4 is 0 Å². The van der Waals surface area contributed by atoms with Crippen LogP contribution < -0.4 is 5.32 Å². The maximum atomic E-state index is 3.61. The Labute approximate surface area is 119 Å². The van der Waals surface area contributed by atoms with Crippen molar-refractivity contribution in [3.63, 3.8) is 0 Å². The maximum absolute atomic E-state index is 3.61. The Hall–Kier alpha value is -0.860. The molecule has 0 saturated carbocycles. The lowest BCUT2D eigenvalue weighted by Crippen LogP contribution is -2.46. The zero-order chi connectivity index (χ0) is 14.3. The van der Waals surface area contributed by atoms with Gasteiger partial charge in [0, 0.05) is 24.5 Å². The van der Waals surface area contributed by atoms with Gasteiger partial charge in [-0.1, -0.05) is 65.0 Å². The van der Waals surface area contributed by atoms with E-state index in [9.17, 15) is 0 Å². The average molecular weight is 262 g/mol. The van der Waals surface area contributed by atoms with E-state index in [0.29, 0.717) is 6.04 Å². The Morgan fingerprint density at radius 3 is 2.16 bits per heavy atom. The monoisotopic (exact) mass is 262 g/mol. The van der Waals surface area contributed by atoms with E-state index in [1.54, 1.807) is 0 Å². The Morgan fingerprint density at radius 2 is 1.68 bits per heavy atom. The maximum Gasteiger partial charge on any atom is 0.0177 e. The highest BCUT2D eigenvalue weighted by Gasteiger charge is 2.28. The predicted octanol–water partition coefficient (Wildman–Crippen LogP) is 3.28. The van der Waals surface area contributed by atoms with Crippen molar-refractivity contribution < 1.29 is 0 Å². The molecule has 0 fully saturated rings. The molecule has 0 aliphatic carbocycles. The van der Waals surface area contributed by atoms with Crippen LogP contribution in [0.4, 0.5) is 0 Å². The molecule has 1 unspecified atom stereocenters. The molecule has 0 amide bonds. The summed E-state index contributed by atoms with van der Waals surface area (Å²) in [5.41, 5.74) is 1.59. The zero-order valence-corrected chi connectivity index (χ0v) is 13.2. The molecular weight excluding hydrogens is 232 g/mol. The number of hydrogen-bond acceptors (Lipinski definition) is 2. The summed E-state index contributed by atoms with van der Waals surface area (Å²) in [5.74, 6) is 0. The number of benzene rings is 1. The predicted molar refractivity (Wildman–Crippen MR) is 84.7 cm³/mol. The first kappa shape index (κ1) is 16.2. The van der Waals surface area contributed by atoms with Crippen molar-refractivity contribution in [3.8, 4) is 0 Å². The van der Waals surface area contributed by atoms with E-state index in [2.05, 4.69) is 75.2 Å². The molecule has 0 saturated heterocycles. The van der Waals surface area contributed by atoms with Crippen LogP contribution in [-0.4, -0.2) is 37.1 Å². The second-order valence-corrected chi connectivity index (χ2v) is 5.92. The third kappa shape index (κ3) is 4.96. The minimum absolute atomic E-state index is 0.164. The molecule has 1 aromatic rings. The van der Waals surface area contributed by atoms with Crippen LogP contribution in [0.3, 0.4) is 0 Å². The molecule has 0 aromatic heterocycles. The molecule has 1 aromatic carbocycles. The number of likely N-dealkylation sites (N-methyl/N-ethyl adjacent to an activating group) is 1. The van der Waals surface area contributed by atoms with Crippen LogP contribution in [0.1, 0.15) is 40.2 Å². The smallest absolute Gasteiger partial charge is 0.0177 e. The molecule has 0 spiro atoms. The summed E-state index contributed by atoms with van der Waals surface area (Å²) in [4.78, 5) is 2.51. The molecule has 1 rings (SSSR count). The van der Waals surface area contributed by atoms with Gasteiger partial charge in [-0.05, 0) is 18.7 Å². The van der Waals surface area contributed by atoms with Crippen LogP contribution in [0.25, 0.3) is 0 Å². The van der Waals surface area contributed by atoms with Crippen LogP contribution >= 0.6 is 0 Å². The number of hydrogen-bond donors (Lipinski definition) is 1. The molecule has 0 aliphatic heterocycles. The highest BCUT2D eigenvalue weighted by Crippen LogP contribution is 2.24. The Balaban J connectivity index is 2.89. The second kappa shape index (κ2) is 7.66. The number of nitrogens with one attached hydrogen (secondary N) is 1. The van der Waals surface area contributed by atoms with Gasteiger partial charge in [0.05, 0.1) is 0 Å². The van der Waals surface area contributed by atoms with Crippen LogP contribution in [0.2, 0.25) is 0 Å². The first-order chi connectivity index (χ1) is 9.01. The summed E-state index contributed by atoms with van der Waals surface area (Å²) >= 11 is 0. The normalized spacial score (nSPS) is 14.9. The minimum atomic E-state index is 0.164. The van der Waals surface area contributed by atoms with Gasteiger partial charge in [0.2, 0.25) is 0 Å². The molecule has 0 radical (unpaired) electrons. The largest absolute Gasteiger partial charge is 0.314 e. The van der Waals surface area contributed by atoms with E-state index in [4.69, 9.17) is 0 Å². The summed E-state index contributed by atoms with van der Waals surface area (Å²) in [6, 6.07) is 11.4. The van der Waals surface area contributed by atoms with Crippen molar-refractivity contribution in [2.24, 2.45) is 0 Å². The fraction of sp³-hybridized carbons (Fsp3) is 0.647. The summed E-state index contributed by atoms with van der Waals surface area (Å²) in [6.45, 7) is 15.6. The fourth-order valence-corrected chi connectivity index (χ4v) is 2.46. The van der Waals surface area contributed by atoms with Crippen molar-refractivity contribution in [3.05, 3.63) is 35.9 Å². The van der Waals surface area contributed by atoms with E-state index >= 15 is 0 Å². The Morgan fingerprint density at radius 1 is 1.11 bits per heavy atom. The van der Waals surface area contributed by atoms with Gasteiger partial charge in [-0.15, -0.1) is 0 Å². The second-order valence-electron chi connectivity index (χ2n) is 5.92. The Kier molecular flexibility index (Phi) is 6.53. The summed E-state index contributed by atoms with van der Waals surface area (Å²) in [5, 5.41) is 3.61. The van der Waals surface area contributed by atoms with Gasteiger partial charge in [0.15, 0.2) is 0 Å². The number of nitrogens with zero attached hydrogens (tertiary/aromatic N) is 1. The molecule has 0 bridgehead atoms. The standard InChI is InChI=1S/C17H30N2/c1-6-19(7-2)14-17(5,13-18-15(3)4)16-11-9-8-10-12-16/h8-12,15,18H,6-7,13-14H2,1-5H3. The molecule has 108 valence electrons. The van der Waals surface area contributed by atoms with Gasteiger partial charge in [-0.3, -0.25) is 0 Å². The average Bonchev–Trinajstić information content (AvgIpc) is 2.43. The summed E-state index contributed by atoms with van der Waals surface area (Å²) in [7, 11) is 0. The highest BCUT2D eigenvalue weighted by molar-refractivity contribution is 5.25. The molecule has 2 heteroatoms. The van der Waals surface area contributed by atoms with E-state index < -0.39 is 0 Å². The molecule has 1 atom stereocenters. The van der Waals surface area contributed by atoms with Gasteiger partial charge in [0.1, 0.15) is 0 Å². The molecule has 0 heterocycles. The van der Waals surface area contributed by atoms with Gasteiger partial charge < -0.3 is 10.2 Å². The van der Waals surface area contributed by atoms with Crippen molar-refractivity contribution in [2.75, 3.05) is 26.2 Å². The van der Waals surface area contributed by atoms with Crippen LogP contribution in [0.15, 0.2) is 30.3 Å². The van der Waals surface area contributed by atoms with E-state index in [-0.39, 0.29) is 5.41 Å². The SMILES string of the molecule is CCN(CC)CC(C)(CNC(C)C)c1ccccc1. The molecular formula is C17H30N2. The molecule has 0 aliphatic rings. The third-order valence-corrected chi connectivity index (χ3v) is 3.84. The van der Waals surface area contributed by atoms with Gasteiger partial charge in [-0.25, -0.2) is 0 Å². The third-order valence-electron chi connectivity index (χ3n) is 3.84. The first-order valence-corrected chi connectivity index (χ1v) is 7.53. The van der Waals surface area contributed by atoms with E-state index in [0.717, 1.165) is 26.2 Å². The lowest BCUT2D eigenvalue weighted by atomic mass is 9.81. The van der Waals surface area contributed by atoms with Crippen molar-refractivity contribution in [1.29, 1.82) is 0 Å². The fourth-order valence-electron chi connectivity index (χ4n) is 2.46. The quantitative estimate of drug-likeness (QED) is 0.773. The first-order valence-electron chi connectivity index (χ1n) is 7.53. The Bertz CT molecular complexity index is 344. The molecule has 19 heavy (non-hydrogen) atoms. The number of rotatable bonds is 8. The van der Waals surface area contributed by atoms with Crippen LogP contribution in [-0.2, 0) is 5.41 Å². The van der Waals surface area contributed by atoms with E-state index in [1.807, 2.05) is 0 Å². The minimum Gasteiger partial charge on any atom is -0.314 e. The van der Waals surface area contributed by atoms with Crippen molar-refractivity contribution in [1.82, 2.24) is 10.2 Å². The van der Waals surface area contributed by atoms with Gasteiger partial charge in [0.25, 0.3) is 0 Å². The molecule has 2 nitrogen and oxygen atoms in total. The summed E-state index contributed by atoms with van der Waals surface area (Å²) in [6.07, 6.45) is 0. The molecule has 1 N–H and O–H groups in total. The lowest BCUT2D eigenvalue weighted by molar-refractivity contribution is 0.226. The van der Waals surface area contributed by atoms with Crippen LogP contribution in [0.5, 0.6) is 0 Å². The zero-order valence-electron chi connectivity index (χ0n) is 13.2. The summed E-state index contributed by atoms with van der Waals surface area (Å²) < 4.78 is 0. The van der Waals surface area contributed by atoms with Gasteiger partial charge >= 0.3 is 0 Å². The van der Waals surface area contributed by atoms with Gasteiger partial charge in [-0.2, -0.15) is 0 Å². The topological polar surface area (TPSA) is 15.3 Å². The highest BCUT2D eigenvalue weighted by atomic mass is 15.1. The van der Waals surface area contributed by atoms with E-state index in [1.165, 1.54) is 5.56 Å². The van der Waals surface area contributed by atoms with Crippen LogP contribution in [0, 0.1) is 0 Å².